The first-order valence-electron chi connectivity index (χ1n) is 9.10. The van der Waals surface area contributed by atoms with Crippen molar-refractivity contribution in [1.82, 2.24) is 4.90 Å². The lowest BCUT2D eigenvalue weighted by Gasteiger charge is -2.21. The SMILES string of the molecule is CC1CCCN1C[C@H]1C[C@@H]1c1cc(C#N)ccc1-c1ccccc1. The molecule has 0 N–H and O–H groups in total. The van der Waals surface area contributed by atoms with Gasteiger partial charge < -0.3 is 4.90 Å². The largest absolute Gasteiger partial charge is 0.300 e. The molecule has 0 radical (unpaired) electrons. The van der Waals surface area contributed by atoms with E-state index >= 15 is 0 Å². The molecule has 1 unspecified atom stereocenters. The fraction of sp³-hybridized carbons (Fsp3) is 0.409. The lowest BCUT2D eigenvalue weighted by Crippen LogP contribution is -2.29. The minimum atomic E-state index is 0.612. The highest BCUT2D eigenvalue weighted by Crippen LogP contribution is 2.51. The molecule has 1 saturated heterocycles. The first-order valence-corrected chi connectivity index (χ1v) is 9.10. The van der Waals surface area contributed by atoms with Crippen LogP contribution in [0.3, 0.4) is 0 Å². The van der Waals surface area contributed by atoms with Crippen LogP contribution >= 0.6 is 0 Å². The van der Waals surface area contributed by atoms with Crippen molar-refractivity contribution in [3.63, 3.8) is 0 Å². The Kier molecular flexibility index (Phi) is 4.12. The van der Waals surface area contributed by atoms with E-state index in [0.29, 0.717) is 5.92 Å². The molecule has 24 heavy (non-hydrogen) atoms. The molecule has 1 aliphatic heterocycles. The first kappa shape index (κ1) is 15.4. The zero-order valence-corrected chi connectivity index (χ0v) is 14.3. The Morgan fingerprint density at radius 1 is 1.17 bits per heavy atom. The van der Waals surface area contributed by atoms with Crippen LogP contribution in [-0.2, 0) is 0 Å². The van der Waals surface area contributed by atoms with Crippen LogP contribution in [0.5, 0.6) is 0 Å². The van der Waals surface area contributed by atoms with Gasteiger partial charge in [-0.05, 0) is 73.4 Å². The lowest BCUT2D eigenvalue weighted by molar-refractivity contribution is 0.256. The normalized spacial score (nSPS) is 26.2. The molecule has 2 nitrogen and oxygen atoms in total. The van der Waals surface area contributed by atoms with E-state index in [-0.39, 0.29) is 0 Å². The van der Waals surface area contributed by atoms with Gasteiger partial charge in [-0.15, -0.1) is 0 Å². The van der Waals surface area contributed by atoms with Gasteiger partial charge in [0.15, 0.2) is 0 Å². The summed E-state index contributed by atoms with van der Waals surface area (Å²) in [5.74, 6) is 1.36. The molecule has 0 amide bonds. The molecule has 1 saturated carbocycles. The second-order valence-corrected chi connectivity index (χ2v) is 7.37. The van der Waals surface area contributed by atoms with Crippen molar-refractivity contribution in [2.75, 3.05) is 13.1 Å². The number of nitrogens with zero attached hydrogens (tertiary/aromatic N) is 2. The number of hydrogen-bond donors (Lipinski definition) is 0. The number of rotatable bonds is 4. The minimum absolute atomic E-state index is 0.612. The Morgan fingerprint density at radius 3 is 2.71 bits per heavy atom. The predicted octanol–water partition coefficient (Wildman–Crippen LogP) is 4.81. The average molecular weight is 316 g/mol. The molecule has 2 heteroatoms. The van der Waals surface area contributed by atoms with Gasteiger partial charge in [-0.1, -0.05) is 36.4 Å². The number of hydrogen-bond acceptors (Lipinski definition) is 2. The van der Waals surface area contributed by atoms with Crippen molar-refractivity contribution >= 4 is 0 Å². The fourth-order valence-electron chi connectivity index (χ4n) is 4.22. The number of likely N-dealkylation sites (tertiary alicyclic amines) is 1. The third kappa shape index (κ3) is 2.97. The van der Waals surface area contributed by atoms with Gasteiger partial charge in [0.25, 0.3) is 0 Å². The van der Waals surface area contributed by atoms with E-state index in [1.807, 2.05) is 6.07 Å². The maximum absolute atomic E-state index is 9.30. The highest BCUT2D eigenvalue weighted by atomic mass is 15.2. The Bertz CT molecular complexity index is 759. The highest BCUT2D eigenvalue weighted by molar-refractivity contribution is 5.70. The summed E-state index contributed by atoms with van der Waals surface area (Å²) in [4.78, 5) is 2.65. The van der Waals surface area contributed by atoms with Crippen LogP contribution in [0, 0.1) is 17.2 Å². The van der Waals surface area contributed by atoms with E-state index in [4.69, 9.17) is 0 Å². The standard InChI is InChI=1S/C22H24N2/c1-16-6-5-11-24(16)15-19-13-21(19)22-12-17(14-23)9-10-20(22)18-7-3-2-4-8-18/h2-4,7-10,12,16,19,21H,5-6,11,13,15H2,1H3/t16?,19-,21+/m1/s1. The molecule has 1 heterocycles. The van der Waals surface area contributed by atoms with Gasteiger partial charge in [0.2, 0.25) is 0 Å². The molecule has 1 aliphatic carbocycles. The van der Waals surface area contributed by atoms with Gasteiger partial charge in [0.05, 0.1) is 11.6 Å². The van der Waals surface area contributed by atoms with Crippen LogP contribution < -0.4 is 0 Å². The van der Waals surface area contributed by atoms with Crippen molar-refractivity contribution < 1.29 is 0 Å². The smallest absolute Gasteiger partial charge is 0.0991 e. The Hall–Kier alpha value is -2.11. The fourth-order valence-corrected chi connectivity index (χ4v) is 4.22. The van der Waals surface area contributed by atoms with Gasteiger partial charge in [-0.2, -0.15) is 5.26 Å². The highest BCUT2D eigenvalue weighted by Gasteiger charge is 2.41. The van der Waals surface area contributed by atoms with E-state index in [1.165, 1.54) is 49.0 Å². The molecule has 122 valence electrons. The van der Waals surface area contributed by atoms with Crippen molar-refractivity contribution in [3.05, 3.63) is 59.7 Å². The van der Waals surface area contributed by atoms with Gasteiger partial charge in [-0.3, -0.25) is 0 Å². The van der Waals surface area contributed by atoms with E-state index in [9.17, 15) is 5.26 Å². The molecule has 4 rings (SSSR count). The minimum Gasteiger partial charge on any atom is -0.300 e. The van der Waals surface area contributed by atoms with E-state index in [1.54, 1.807) is 0 Å². The van der Waals surface area contributed by atoms with E-state index in [2.05, 4.69) is 60.4 Å². The summed E-state index contributed by atoms with van der Waals surface area (Å²) in [6.45, 7) is 4.83. The summed E-state index contributed by atoms with van der Waals surface area (Å²) in [5.41, 5.74) is 4.72. The van der Waals surface area contributed by atoms with Crippen LogP contribution in [-0.4, -0.2) is 24.0 Å². The zero-order chi connectivity index (χ0) is 16.5. The number of nitriles is 1. The summed E-state index contributed by atoms with van der Waals surface area (Å²) in [6.07, 6.45) is 3.95. The molecule has 2 aromatic carbocycles. The second kappa shape index (κ2) is 6.42. The molecular formula is C22H24N2. The summed E-state index contributed by atoms with van der Waals surface area (Å²) in [5, 5.41) is 9.30. The maximum atomic E-state index is 9.30. The monoisotopic (exact) mass is 316 g/mol. The average Bonchev–Trinajstić information content (AvgIpc) is 3.28. The first-order chi connectivity index (χ1) is 11.8. The molecule has 0 bridgehead atoms. The van der Waals surface area contributed by atoms with Gasteiger partial charge >= 0.3 is 0 Å². The van der Waals surface area contributed by atoms with Gasteiger partial charge in [-0.25, -0.2) is 0 Å². The van der Waals surface area contributed by atoms with Crippen molar-refractivity contribution in [2.45, 2.75) is 38.1 Å². The maximum Gasteiger partial charge on any atom is 0.0991 e. The quantitative estimate of drug-likeness (QED) is 0.809. The zero-order valence-electron chi connectivity index (χ0n) is 14.3. The molecule has 3 atom stereocenters. The topological polar surface area (TPSA) is 27.0 Å². The summed E-state index contributed by atoms with van der Waals surface area (Å²) in [7, 11) is 0. The van der Waals surface area contributed by atoms with Crippen LogP contribution in [0.2, 0.25) is 0 Å². The van der Waals surface area contributed by atoms with Crippen LogP contribution in [0.4, 0.5) is 0 Å². The Morgan fingerprint density at radius 2 is 2.00 bits per heavy atom. The Labute approximate surface area is 144 Å². The number of benzene rings is 2. The summed E-state index contributed by atoms with van der Waals surface area (Å²) < 4.78 is 0. The molecule has 0 spiro atoms. The summed E-state index contributed by atoms with van der Waals surface area (Å²) >= 11 is 0. The van der Waals surface area contributed by atoms with Crippen LogP contribution in [0.15, 0.2) is 48.5 Å². The van der Waals surface area contributed by atoms with Gasteiger partial charge in [0, 0.05) is 12.6 Å². The third-order valence-electron chi connectivity index (χ3n) is 5.75. The molecule has 2 aromatic rings. The third-order valence-corrected chi connectivity index (χ3v) is 5.75. The van der Waals surface area contributed by atoms with Crippen LogP contribution in [0.1, 0.15) is 43.2 Å². The van der Waals surface area contributed by atoms with Crippen molar-refractivity contribution in [3.8, 4) is 17.2 Å². The molecule has 2 aliphatic rings. The van der Waals surface area contributed by atoms with Gasteiger partial charge in [0.1, 0.15) is 0 Å². The molecule has 0 aromatic heterocycles. The van der Waals surface area contributed by atoms with E-state index in [0.717, 1.165) is 17.5 Å². The predicted molar refractivity (Wildman–Crippen MR) is 97.7 cm³/mol. The summed E-state index contributed by atoms with van der Waals surface area (Å²) in [6, 6.07) is 19.8. The molecule has 2 fully saturated rings. The lowest BCUT2D eigenvalue weighted by atomic mass is 9.94. The second-order valence-electron chi connectivity index (χ2n) is 7.37. The van der Waals surface area contributed by atoms with Crippen molar-refractivity contribution in [2.24, 2.45) is 5.92 Å². The Balaban J connectivity index is 1.59. The van der Waals surface area contributed by atoms with Crippen molar-refractivity contribution in [1.29, 1.82) is 5.26 Å². The molecular weight excluding hydrogens is 292 g/mol. The van der Waals surface area contributed by atoms with Crippen LogP contribution in [0.25, 0.3) is 11.1 Å². The van der Waals surface area contributed by atoms with E-state index < -0.39 is 0 Å².